The van der Waals surface area contributed by atoms with Crippen LogP contribution in [0.2, 0.25) is 0 Å². The van der Waals surface area contributed by atoms with Crippen molar-refractivity contribution in [2.24, 2.45) is 0 Å². The van der Waals surface area contributed by atoms with Gasteiger partial charge in [-0.25, -0.2) is 47.5 Å². The maximum atomic E-state index is 14.2. The number of anilines is 2. The third kappa shape index (κ3) is 11.5. The molecule has 8 aromatic rings. The molecule has 0 aliphatic heterocycles. The summed E-state index contributed by atoms with van der Waals surface area (Å²) in [6, 6.07) is 17.9. The minimum Gasteiger partial charge on any atom is -0.439 e. The van der Waals surface area contributed by atoms with E-state index in [4.69, 9.17) is 9.47 Å². The molecule has 8 rings (SSSR count). The Labute approximate surface area is 380 Å². The fourth-order valence-corrected chi connectivity index (χ4v) is 6.80. The van der Waals surface area contributed by atoms with Gasteiger partial charge in [-0.1, -0.05) is 37.8 Å². The molecule has 4 aromatic heterocycles. The van der Waals surface area contributed by atoms with Gasteiger partial charge in [0.2, 0.25) is 11.8 Å². The summed E-state index contributed by atoms with van der Waals surface area (Å²) in [6.45, 7) is 6.33. The first-order valence-corrected chi connectivity index (χ1v) is 20.5. The molecule has 10 nitrogen and oxygen atoms in total. The first-order valence-electron chi connectivity index (χ1n) is 20.5. The molecule has 4 heterocycles. The summed E-state index contributed by atoms with van der Waals surface area (Å²) in [5.41, 5.74) is 1.18. The van der Waals surface area contributed by atoms with E-state index in [-0.39, 0.29) is 51.0 Å². The van der Waals surface area contributed by atoms with Gasteiger partial charge < -0.3 is 20.1 Å². The average molecular weight is 947 g/mol. The Morgan fingerprint density at radius 2 is 1.00 bits per heavy atom. The second-order valence-corrected chi connectivity index (χ2v) is 14.6. The first-order chi connectivity index (χ1) is 32.5. The van der Waals surface area contributed by atoms with Crippen LogP contribution in [0.3, 0.4) is 0 Å². The van der Waals surface area contributed by atoms with Crippen molar-refractivity contribution in [1.29, 1.82) is 0 Å². The van der Waals surface area contributed by atoms with Crippen LogP contribution < -0.4 is 20.1 Å². The van der Waals surface area contributed by atoms with Gasteiger partial charge in [0.25, 0.3) is 0 Å². The Morgan fingerprint density at radius 1 is 0.544 bits per heavy atom. The average Bonchev–Trinajstić information content (AvgIpc) is 3.32. The van der Waals surface area contributed by atoms with Crippen molar-refractivity contribution in [2.45, 2.75) is 38.5 Å². The summed E-state index contributed by atoms with van der Waals surface area (Å²) in [5.74, 6) is -1.85. The van der Waals surface area contributed by atoms with E-state index >= 15 is 0 Å². The summed E-state index contributed by atoms with van der Waals surface area (Å²) in [7, 11) is 0. The molecule has 68 heavy (non-hydrogen) atoms. The Hall–Kier alpha value is -7.90. The SMILES string of the molecule is C=Cc1cc(CCNc2ncnc3c(F)ccc(F)c23)ccc1Oc1cc(C(F)(F)F)ccn1.CCc1cc(CCNc2ncnc3c(F)ccc(F)c23)ccc1Oc1cc(C(F)(F)F)ccn1. The van der Waals surface area contributed by atoms with Crippen LogP contribution in [0.15, 0.2) is 117 Å². The lowest BCUT2D eigenvalue weighted by Gasteiger charge is -2.13. The number of halogens is 10. The number of hydrogen-bond donors (Lipinski definition) is 2. The van der Waals surface area contributed by atoms with Crippen LogP contribution in [0.1, 0.15) is 40.3 Å². The Morgan fingerprint density at radius 3 is 1.47 bits per heavy atom. The number of rotatable bonds is 14. The van der Waals surface area contributed by atoms with Crippen LogP contribution in [0.4, 0.5) is 55.5 Å². The molecular formula is C48H36F10N8O2. The molecular weight excluding hydrogens is 911 g/mol. The van der Waals surface area contributed by atoms with Gasteiger partial charge >= 0.3 is 12.4 Å². The van der Waals surface area contributed by atoms with Gasteiger partial charge in [0.05, 0.1) is 21.9 Å². The lowest BCUT2D eigenvalue weighted by molar-refractivity contribution is -0.138. The molecule has 0 spiro atoms. The number of hydrogen-bond acceptors (Lipinski definition) is 10. The van der Waals surface area contributed by atoms with E-state index in [0.717, 1.165) is 90.3 Å². The highest BCUT2D eigenvalue weighted by Crippen LogP contribution is 2.35. The molecule has 4 aromatic carbocycles. The number of fused-ring (bicyclic) bond motifs is 2. The number of pyridine rings is 2. The number of aryl methyl sites for hydroxylation is 1. The standard InChI is InChI=1S/C24H19F5N4O.C24H17F5N4O/c2*1-2-15-11-14(3-6-19(15)34-20-12-16(8-10-30-20)24(27,28)29)7-9-31-23-21-17(25)4-5-18(26)22(21)32-13-33-23/h3-6,8,10-13H,2,7,9H2,1H3,(H,31,32,33);2-6,8,10-13H,1,7,9H2,(H,31,32,33). The maximum Gasteiger partial charge on any atom is 0.416 e. The smallest absolute Gasteiger partial charge is 0.416 e. The van der Waals surface area contributed by atoms with Crippen LogP contribution in [-0.2, 0) is 31.6 Å². The predicted molar refractivity (Wildman–Crippen MR) is 234 cm³/mol. The number of alkyl halides is 6. The first kappa shape index (κ1) is 48.0. The van der Waals surface area contributed by atoms with Gasteiger partial charge in [-0.05, 0) is 90.6 Å². The van der Waals surface area contributed by atoms with E-state index in [9.17, 15) is 43.9 Å². The summed E-state index contributed by atoms with van der Waals surface area (Å²) < 4.78 is 145. The molecule has 0 unspecified atom stereocenters. The molecule has 0 atom stereocenters. The van der Waals surface area contributed by atoms with Gasteiger partial charge in [0.15, 0.2) is 0 Å². The van der Waals surface area contributed by atoms with Crippen LogP contribution in [-0.4, -0.2) is 43.0 Å². The molecule has 0 bridgehead atoms. The van der Waals surface area contributed by atoms with Crippen LogP contribution in [0, 0.1) is 23.3 Å². The van der Waals surface area contributed by atoms with Gasteiger partial charge in [-0.15, -0.1) is 0 Å². The number of nitrogens with zero attached hydrogens (tertiary/aromatic N) is 6. The normalized spacial score (nSPS) is 11.5. The highest BCUT2D eigenvalue weighted by Gasteiger charge is 2.32. The molecule has 2 N–H and O–H groups in total. The summed E-state index contributed by atoms with van der Waals surface area (Å²) >= 11 is 0. The largest absolute Gasteiger partial charge is 0.439 e. The van der Waals surface area contributed by atoms with E-state index in [1.807, 2.05) is 13.0 Å². The Balaban J connectivity index is 0.000000201. The zero-order valence-corrected chi connectivity index (χ0v) is 35.5. The van der Waals surface area contributed by atoms with Crippen LogP contribution >= 0.6 is 0 Å². The summed E-state index contributed by atoms with van der Waals surface area (Å²) in [5, 5.41) is 5.94. The zero-order valence-electron chi connectivity index (χ0n) is 35.5. The van der Waals surface area contributed by atoms with E-state index in [1.54, 1.807) is 30.3 Å². The van der Waals surface area contributed by atoms with E-state index in [1.165, 1.54) is 6.08 Å². The highest BCUT2D eigenvalue weighted by atomic mass is 19.4. The molecule has 0 radical (unpaired) electrons. The molecule has 0 aliphatic carbocycles. The van der Waals surface area contributed by atoms with Crippen molar-refractivity contribution in [3.8, 4) is 23.3 Å². The minimum atomic E-state index is -4.51. The summed E-state index contributed by atoms with van der Waals surface area (Å²) in [6.07, 6.45) is -1.52. The maximum absolute atomic E-state index is 14.2. The van der Waals surface area contributed by atoms with Crippen molar-refractivity contribution in [3.05, 3.63) is 173 Å². The number of benzene rings is 4. The predicted octanol–water partition coefficient (Wildman–Crippen LogP) is 12.7. The van der Waals surface area contributed by atoms with Crippen LogP contribution in [0.25, 0.3) is 27.9 Å². The van der Waals surface area contributed by atoms with Gasteiger partial charge in [-0.2, -0.15) is 26.3 Å². The van der Waals surface area contributed by atoms with Crippen molar-refractivity contribution in [2.75, 3.05) is 23.7 Å². The number of nitrogens with one attached hydrogen (secondary N) is 2. The fraction of sp³-hybridized carbons (Fsp3) is 0.167. The van der Waals surface area contributed by atoms with Crippen molar-refractivity contribution in [1.82, 2.24) is 29.9 Å². The number of ether oxygens (including phenoxy) is 2. The van der Waals surface area contributed by atoms with Gasteiger partial charge in [0, 0.05) is 43.2 Å². The van der Waals surface area contributed by atoms with E-state index in [2.05, 4.69) is 47.1 Å². The highest BCUT2D eigenvalue weighted by molar-refractivity contribution is 5.90. The van der Waals surface area contributed by atoms with Crippen molar-refractivity contribution < 1.29 is 53.4 Å². The molecule has 0 aliphatic rings. The third-order valence-electron chi connectivity index (χ3n) is 10.1. The molecule has 20 heteroatoms. The van der Waals surface area contributed by atoms with Crippen molar-refractivity contribution in [3.63, 3.8) is 0 Å². The zero-order chi connectivity index (χ0) is 48.6. The monoisotopic (exact) mass is 946 g/mol. The molecule has 0 amide bonds. The summed E-state index contributed by atoms with van der Waals surface area (Å²) in [4.78, 5) is 23.3. The second kappa shape index (κ2) is 20.7. The molecule has 0 saturated heterocycles. The lowest BCUT2D eigenvalue weighted by atomic mass is 10.1. The second-order valence-electron chi connectivity index (χ2n) is 14.6. The Kier molecular flexibility index (Phi) is 14.6. The minimum absolute atomic E-state index is 0.0194. The molecule has 350 valence electrons. The Bertz CT molecular complexity index is 3100. The van der Waals surface area contributed by atoms with Gasteiger partial charge in [0.1, 0.15) is 70.1 Å². The van der Waals surface area contributed by atoms with Gasteiger partial charge in [-0.3, -0.25) is 0 Å². The van der Waals surface area contributed by atoms with Crippen LogP contribution in [0.5, 0.6) is 23.3 Å². The lowest BCUT2D eigenvalue weighted by Crippen LogP contribution is -2.08. The van der Waals surface area contributed by atoms with Crippen molar-refractivity contribution >= 4 is 39.5 Å². The van der Waals surface area contributed by atoms with E-state index in [0.29, 0.717) is 43.7 Å². The number of aromatic nitrogens is 6. The molecule has 0 fully saturated rings. The third-order valence-corrected chi connectivity index (χ3v) is 10.1. The topological polar surface area (TPSA) is 120 Å². The quantitative estimate of drug-likeness (QED) is 0.102. The van der Waals surface area contributed by atoms with E-state index < -0.39 is 46.7 Å². The molecule has 0 saturated carbocycles. The fourth-order valence-electron chi connectivity index (χ4n) is 6.80.